The summed E-state index contributed by atoms with van der Waals surface area (Å²) in [5.74, 6) is -0.308. The Morgan fingerprint density at radius 1 is 1.28 bits per heavy atom. The number of rotatable bonds is 9. The molecule has 0 bridgehead atoms. The van der Waals surface area contributed by atoms with E-state index in [4.69, 9.17) is 4.74 Å². The summed E-state index contributed by atoms with van der Waals surface area (Å²) in [6.45, 7) is 2.73. The van der Waals surface area contributed by atoms with Crippen LogP contribution < -0.4 is 16.0 Å². The molecule has 0 radical (unpaired) electrons. The van der Waals surface area contributed by atoms with Crippen LogP contribution in [0.15, 0.2) is 0 Å². The summed E-state index contributed by atoms with van der Waals surface area (Å²) in [6, 6.07) is -0.485. The fourth-order valence-corrected chi connectivity index (χ4v) is 1.33. The highest BCUT2D eigenvalue weighted by Crippen LogP contribution is 1.86. The molecule has 0 aromatic carbocycles. The van der Waals surface area contributed by atoms with Crippen LogP contribution in [0.25, 0.3) is 0 Å². The van der Waals surface area contributed by atoms with Gasteiger partial charge in [0.2, 0.25) is 5.91 Å². The molecule has 0 fully saturated rings. The third-order valence-corrected chi connectivity index (χ3v) is 2.22. The molecule has 18 heavy (non-hydrogen) atoms. The highest BCUT2D eigenvalue weighted by atomic mass is 16.5. The van der Waals surface area contributed by atoms with Crippen LogP contribution in [0.1, 0.15) is 6.42 Å². The maximum absolute atomic E-state index is 11.5. The van der Waals surface area contributed by atoms with Crippen molar-refractivity contribution in [3.8, 4) is 0 Å². The lowest BCUT2D eigenvalue weighted by atomic mass is 10.4. The lowest BCUT2D eigenvalue weighted by Crippen LogP contribution is -2.44. The highest BCUT2D eigenvalue weighted by Gasteiger charge is 2.09. The fourth-order valence-electron chi connectivity index (χ4n) is 1.33. The summed E-state index contributed by atoms with van der Waals surface area (Å²) < 4.78 is 4.78. The van der Waals surface area contributed by atoms with E-state index in [1.54, 1.807) is 7.11 Å². The van der Waals surface area contributed by atoms with Gasteiger partial charge in [-0.25, -0.2) is 4.79 Å². The van der Waals surface area contributed by atoms with Crippen LogP contribution in [-0.2, 0) is 9.53 Å². The summed E-state index contributed by atoms with van der Waals surface area (Å²) in [5.41, 5.74) is 0. The van der Waals surface area contributed by atoms with Crippen molar-refractivity contribution in [2.24, 2.45) is 0 Å². The zero-order valence-corrected chi connectivity index (χ0v) is 11.4. The van der Waals surface area contributed by atoms with Crippen molar-refractivity contribution in [3.05, 3.63) is 0 Å². The van der Waals surface area contributed by atoms with E-state index in [0.29, 0.717) is 13.2 Å². The molecule has 0 aromatic rings. The second kappa shape index (κ2) is 10.9. The minimum atomic E-state index is -0.485. The number of hydrogen-bond donors (Lipinski definition) is 3. The SMILES string of the molecule is CNCCCN(C)CC(=O)NC(=O)NCCOC. The number of amides is 3. The van der Waals surface area contributed by atoms with Crippen molar-refractivity contribution in [3.63, 3.8) is 0 Å². The van der Waals surface area contributed by atoms with Gasteiger partial charge >= 0.3 is 6.03 Å². The molecule has 0 spiro atoms. The molecular weight excluding hydrogens is 236 g/mol. The molecule has 0 atom stereocenters. The summed E-state index contributed by atoms with van der Waals surface area (Å²) in [5, 5.41) is 7.81. The molecule has 0 saturated heterocycles. The first-order chi connectivity index (χ1) is 8.60. The van der Waals surface area contributed by atoms with E-state index in [0.717, 1.165) is 19.5 Å². The zero-order valence-electron chi connectivity index (χ0n) is 11.4. The Morgan fingerprint density at radius 2 is 2.00 bits per heavy atom. The average molecular weight is 260 g/mol. The monoisotopic (exact) mass is 260 g/mol. The number of urea groups is 1. The Morgan fingerprint density at radius 3 is 2.61 bits per heavy atom. The van der Waals surface area contributed by atoms with Crippen molar-refractivity contribution in [1.82, 2.24) is 20.9 Å². The van der Waals surface area contributed by atoms with E-state index >= 15 is 0 Å². The molecule has 0 rings (SSSR count). The Kier molecular flexibility index (Phi) is 10.2. The summed E-state index contributed by atoms with van der Waals surface area (Å²) in [4.78, 5) is 24.6. The van der Waals surface area contributed by atoms with Crippen molar-refractivity contribution in [1.29, 1.82) is 0 Å². The smallest absolute Gasteiger partial charge is 0.321 e. The molecule has 0 unspecified atom stereocenters. The summed E-state index contributed by atoms with van der Waals surface area (Å²) >= 11 is 0. The number of hydrogen-bond acceptors (Lipinski definition) is 5. The summed E-state index contributed by atoms with van der Waals surface area (Å²) in [7, 11) is 5.28. The summed E-state index contributed by atoms with van der Waals surface area (Å²) in [6.07, 6.45) is 0.959. The number of imide groups is 1. The average Bonchev–Trinajstić information content (AvgIpc) is 2.29. The van der Waals surface area contributed by atoms with Crippen LogP contribution in [0.4, 0.5) is 4.79 Å². The number of methoxy groups -OCH3 is 1. The molecule has 7 nitrogen and oxygen atoms in total. The van der Waals surface area contributed by atoms with Gasteiger partial charge in [0.15, 0.2) is 0 Å². The zero-order chi connectivity index (χ0) is 13.8. The van der Waals surface area contributed by atoms with E-state index < -0.39 is 6.03 Å². The Hall–Kier alpha value is -1.18. The van der Waals surface area contributed by atoms with E-state index in [2.05, 4.69) is 16.0 Å². The van der Waals surface area contributed by atoms with Gasteiger partial charge in [0.05, 0.1) is 13.2 Å². The van der Waals surface area contributed by atoms with Crippen molar-refractivity contribution >= 4 is 11.9 Å². The number of nitrogens with zero attached hydrogens (tertiary/aromatic N) is 1. The molecule has 7 heteroatoms. The Balaban J connectivity index is 3.65. The second-order valence-corrected chi connectivity index (χ2v) is 3.99. The quantitative estimate of drug-likeness (QED) is 0.463. The second-order valence-electron chi connectivity index (χ2n) is 3.99. The molecule has 0 aliphatic carbocycles. The largest absolute Gasteiger partial charge is 0.383 e. The van der Waals surface area contributed by atoms with Crippen molar-refractivity contribution in [2.75, 3.05) is 54.0 Å². The molecule has 0 saturated carbocycles. The van der Waals surface area contributed by atoms with Gasteiger partial charge in [-0.3, -0.25) is 15.0 Å². The van der Waals surface area contributed by atoms with Crippen LogP contribution in [-0.4, -0.2) is 70.8 Å². The standard InChI is InChI=1S/C11H24N4O3/c1-12-5-4-7-15(2)9-10(16)14-11(17)13-6-8-18-3/h12H,4-9H2,1-3H3,(H2,13,14,16,17). The molecule has 0 aliphatic heterocycles. The van der Waals surface area contributed by atoms with Gasteiger partial charge in [0.1, 0.15) is 0 Å². The van der Waals surface area contributed by atoms with Gasteiger partial charge in [-0.2, -0.15) is 0 Å². The topological polar surface area (TPSA) is 82.7 Å². The lowest BCUT2D eigenvalue weighted by Gasteiger charge is -2.15. The molecule has 0 aliphatic rings. The third-order valence-electron chi connectivity index (χ3n) is 2.22. The first-order valence-electron chi connectivity index (χ1n) is 6.00. The van der Waals surface area contributed by atoms with Gasteiger partial charge in [-0.15, -0.1) is 0 Å². The van der Waals surface area contributed by atoms with Crippen molar-refractivity contribution in [2.45, 2.75) is 6.42 Å². The van der Waals surface area contributed by atoms with Crippen LogP contribution >= 0.6 is 0 Å². The maximum Gasteiger partial charge on any atom is 0.321 e. The molecule has 0 aromatic heterocycles. The molecule has 3 N–H and O–H groups in total. The predicted molar refractivity (Wildman–Crippen MR) is 69.5 cm³/mol. The van der Waals surface area contributed by atoms with E-state index in [1.165, 1.54) is 0 Å². The number of nitrogens with one attached hydrogen (secondary N) is 3. The van der Waals surface area contributed by atoms with Gasteiger partial charge < -0.3 is 15.4 Å². The van der Waals surface area contributed by atoms with E-state index in [-0.39, 0.29) is 12.5 Å². The molecular formula is C11H24N4O3. The minimum absolute atomic E-state index is 0.210. The van der Waals surface area contributed by atoms with E-state index in [1.807, 2.05) is 19.0 Å². The van der Waals surface area contributed by atoms with Crippen LogP contribution in [0.2, 0.25) is 0 Å². The Bertz CT molecular complexity index is 248. The van der Waals surface area contributed by atoms with Crippen LogP contribution in [0.3, 0.4) is 0 Å². The first kappa shape index (κ1) is 16.8. The normalized spacial score (nSPS) is 10.4. The van der Waals surface area contributed by atoms with E-state index in [9.17, 15) is 9.59 Å². The van der Waals surface area contributed by atoms with Crippen molar-refractivity contribution < 1.29 is 14.3 Å². The first-order valence-corrected chi connectivity index (χ1v) is 6.00. The predicted octanol–water partition coefficient (Wildman–Crippen LogP) is -1.00. The molecule has 3 amide bonds. The van der Waals surface area contributed by atoms with Crippen LogP contribution in [0, 0.1) is 0 Å². The molecule has 0 heterocycles. The Labute approximate surface area is 108 Å². The van der Waals surface area contributed by atoms with Crippen LogP contribution in [0.5, 0.6) is 0 Å². The number of carbonyl (C=O) groups excluding carboxylic acids is 2. The number of carbonyl (C=O) groups is 2. The van der Waals surface area contributed by atoms with Gasteiger partial charge in [0.25, 0.3) is 0 Å². The number of ether oxygens (including phenoxy) is 1. The number of likely N-dealkylation sites (N-methyl/N-ethyl adjacent to an activating group) is 1. The van der Waals surface area contributed by atoms with Gasteiger partial charge in [-0.05, 0) is 33.6 Å². The minimum Gasteiger partial charge on any atom is -0.383 e. The highest BCUT2D eigenvalue weighted by molar-refractivity contribution is 5.95. The maximum atomic E-state index is 11.5. The third kappa shape index (κ3) is 10.0. The fraction of sp³-hybridized carbons (Fsp3) is 0.818. The van der Waals surface area contributed by atoms with Gasteiger partial charge in [0, 0.05) is 13.7 Å². The molecule has 106 valence electrons. The van der Waals surface area contributed by atoms with Gasteiger partial charge in [-0.1, -0.05) is 0 Å². The lowest BCUT2D eigenvalue weighted by molar-refractivity contribution is -0.120.